The lowest BCUT2D eigenvalue weighted by Crippen LogP contribution is -1.99. The molecule has 68 valence electrons. The number of aliphatic hydroxyl groups excluding tert-OH is 1. The Labute approximate surface area is 73.0 Å². The molecule has 1 heterocycles. The summed E-state index contributed by atoms with van der Waals surface area (Å²) < 4.78 is 1.79. The van der Waals surface area contributed by atoms with Gasteiger partial charge in [0.25, 0.3) is 0 Å². The molecule has 0 radical (unpaired) electrons. The average molecular weight is 168 g/mol. The number of aromatic nitrogens is 2. The Balaban J connectivity index is 2.74. The molecule has 0 aliphatic carbocycles. The van der Waals surface area contributed by atoms with Crippen molar-refractivity contribution < 1.29 is 5.11 Å². The minimum Gasteiger partial charge on any atom is -0.387 e. The molecule has 1 atom stereocenters. The molecule has 0 saturated heterocycles. The molecular weight excluding hydrogens is 152 g/mol. The zero-order chi connectivity index (χ0) is 9.14. The monoisotopic (exact) mass is 168 g/mol. The van der Waals surface area contributed by atoms with E-state index < -0.39 is 6.10 Å². The van der Waals surface area contributed by atoms with Gasteiger partial charge >= 0.3 is 0 Å². The van der Waals surface area contributed by atoms with E-state index in [0.29, 0.717) is 0 Å². The molecular formula is C9H16N2O. The summed E-state index contributed by atoms with van der Waals surface area (Å²) in [4.78, 5) is 0. The van der Waals surface area contributed by atoms with Crippen LogP contribution in [0.4, 0.5) is 0 Å². The third-order valence-corrected chi connectivity index (χ3v) is 2.04. The number of nitrogens with zero attached hydrogens (tertiary/aromatic N) is 2. The van der Waals surface area contributed by atoms with E-state index in [1.807, 2.05) is 20.0 Å². The number of hydrogen-bond donors (Lipinski definition) is 1. The Hall–Kier alpha value is -0.830. The van der Waals surface area contributed by atoms with Gasteiger partial charge in [0.1, 0.15) is 0 Å². The average Bonchev–Trinajstić information content (AvgIpc) is 2.33. The molecule has 1 aromatic heterocycles. The van der Waals surface area contributed by atoms with Crippen LogP contribution in [0.1, 0.15) is 37.3 Å². The van der Waals surface area contributed by atoms with Crippen LogP contribution in [0.25, 0.3) is 0 Å². The molecule has 0 aromatic carbocycles. The highest BCUT2D eigenvalue weighted by Gasteiger charge is 2.10. The second-order valence-corrected chi connectivity index (χ2v) is 3.14. The molecule has 0 saturated carbocycles. The van der Waals surface area contributed by atoms with Crippen molar-refractivity contribution in [3.8, 4) is 0 Å². The highest BCUT2D eigenvalue weighted by molar-refractivity contribution is 5.10. The third-order valence-electron chi connectivity index (χ3n) is 2.04. The van der Waals surface area contributed by atoms with Crippen molar-refractivity contribution in [2.75, 3.05) is 0 Å². The van der Waals surface area contributed by atoms with E-state index in [9.17, 15) is 5.11 Å². The van der Waals surface area contributed by atoms with Gasteiger partial charge in [0.2, 0.25) is 0 Å². The van der Waals surface area contributed by atoms with E-state index in [2.05, 4.69) is 12.0 Å². The zero-order valence-electron chi connectivity index (χ0n) is 7.91. The predicted molar refractivity (Wildman–Crippen MR) is 47.8 cm³/mol. The summed E-state index contributed by atoms with van der Waals surface area (Å²) in [6, 6.07) is 1.93. The number of aryl methyl sites for hydroxylation is 2. The molecule has 0 fully saturated rings. The van der Waals surface area contributed by atoms with E-state index in [1.165, 1.54) is 0 Å². The fourth-order valence-electron chi connectivity index (χ4n) is 1.17. The minimum absolute atomic E-state index is 0.394. The molecule has 1 unspecified atom stereocenters. The van der Waals surface area contributed by atoms with E-state index in [4.69, 9.17) is 0 Å². The predicted octanol–water partition coefficient (Wildman–Crippen LogP) is 1.56. The van der Waals surface area contributed by atoms with Crippen LogP contribution >= 0.6 is 0 Å². The van der Waals surface area contributed by atoms with Crippen LogP contribution < -0.4 is 0 Å². The first-order valence-corrected chi connectivity index (χ1v) is 4.33. The van der Waals surface area contributed by atoms with Crippen LogP contribution in [0.3, 0.4) is 0 Å². The molecule has 0 aliphatic heterocycles. The summed E-state index contributed by atoms with van der Waals surface area (Å²) in [5, 5.41) is 13.8. The van der Waals surface area contributed by atoms with E-state index in [-0.39, 0.29) is 0 Å². The lowest BCUT2D eigenvalue weighted by Gasteiger charge is -2.03. The fourth-order valence-corrected chi connectivity index (χ4v) is 1.17. The first kappa shape index (κ1) is 9.26. The van der Waals surface area contributed by atoms with Crippen molar-refractivity contribution in [3.63, 3.8) is 0 Å². The summed E-state index contributed by atoms with van der Waals surface area (Å²) >= 11 is 0. The number of rotatable bonds is 3. The molecule has 1 rings (SSSR count). The molecule has 0 amide bonds. The molecule has 1 aromatic rings. The summed E-state index contributed by atoms with van der Waals surface area (Å²) in [5.74, 6) is 0. The molecule has 0 spiro atoms. The molecule has 0 bridgehead atoms. The summed E-state index contributed by atoms with van der Waals surface area (Å²) in [5.41, 5.74) is 1.87. The maximum Gasteiger partial charge on any atom is 0.0978 e. The SMILES string of the molecule is CCCC(O)c1cc(C)n(C)n1. The Morgan fingerprint density at radius 2 is 2.33 bits per heavy atom. The highest BCUT2D eigenvalue weighted by atomic mass is 16.3. The highest BCUT2D eigenvalue weighted by Crippen LogP contribution is 2.16. The van der Waals surface area contributed by atoms with Gasteiger partial charge < -0.3 is 5.11 Å². The van der Waals surface area contributed by atoms with Gasteiger partial charge in [0.15, 0.2) is 0 Å². The molecule has 0 aliphatic rings. The van der Waals surface area contributed by atoms with Crippen LogP contribution in [0.5, 0.6) is 0 Å². The largest absolute Gasteiger partial charge is 0.387 e. The van der Waals surface area contributed by atoms with E-state index in [1.54, 1.807) is 4.68 Å². The minimum atomic E-state index is -0.394. The van der Waals surface area contributed by atoms with Crippen LogP contribution in [-0.4, -0.2) is 14.9 Å². The van der Waals surface area contributed by atoms with E-state index in [0.717, 1.165) is 24.2 Å². The summed E-state index contributed by atoms with van der Waals surface area (Å²) in [6.45, 7) is 4.04. The second kappa shape index (κ2) is 3.72. The third kappa shape index (κ3) is 1.85. The van der Waals surface area contributed by atoms with E-state index >= 15 is 0 Å². The Morgan fingerprint density at radius 1 is 1.67 bits per heavy atom. The van der Waals surface area contributed by atoms with Crippen molar-refractivity contribution in [1.82, 2.24) is 9.78 Å². The van der Waals surface area contributed by atoms with Crippen LogP contribution in [0.2, 0.25) is 0 Å². The Kier molecular flexibility index (Phi) is 2.87. The first-order valence-electron chi connectivity index (χ1n) is 4.33. The van der Waals surface area contributed by atoms with Gasteiger partial charge in [-0.15, -0.1) is 0 Å². The van der Waals surface area contributed by atoms with Gasteiger partial charge in [0.05, 0.1) is 11.8 Å². The van der Waals surface area contributed by atoms with Crippen molar-refractivity contribution in [1.29, 1.82) is 0 Å². The molecule has 12 heavy (non-hydrogen) atoms. The lowest BCUT2D eigenvalue weighted by molar-refractivity contribution is 0.161. The van der Waals surface area contributed by atoms with Gasteiger partial charge in [-0.25, -0.2) is 0 Å². The maximum atomic E-state index is 9.58. The quantitative estimate of drug-likeness (QED) is 0.743. The summed E-state index contributed by atoms with van der Waals surface area (Å²) in [7, 11) is 1.89. The topological polar surface area (TPSA) is 38.0 Å². The van der Waals surface area contributed by atoms with Gasteiger partial charge in [-0.3, -0.25) is 4.68 Å². The maximum absolute atomic E-state index is 9.58. The van der Waals surface area contributed by atoms with Crippen molar-refractivity contribution >= 4 is 0 Å². The number of aliphatic hydroxyl groups is 1. The lowest BCUT2D eigenvalue weighted by atomic mass is 10.1. The van der Waals surface area contributed by atoms with Gasteiger partial charge in [-0.05, 0) is 19.4 Å². The summed E-state index contributed by atoms with van der Waals surface area (Å²) in [6.07, 6.45) is 1.38. The fraction of sp³-hybridized carbons (Fsp3) is 0.667. The van der Waals surface area contributed by atoms with Gasteiger partial charge in [-0.1, -0.05) is 13.3 Å². The first-order chi connectivity index (χ1) is 5.65. The normalized spacial score (nSPS) is 13.3. The van der Waals surface area contributed by atoms with Crippen molar-refractivity contribution in [2.24, 2.45) is 7.05 Å². The van der Waals surface area contributed by atoms with Gasteiger partial charge in [0, 0.05) is 12.7 Å². The second-order valence-electron chi connectivity index (χ2n) is 3.14. The molecule has 3 heteroatoms. The molecule has 3 nitrogen and oxygen atoms in total. The van der Waals surface area contributed by atoms with Gasteiger partial charge in [-0.2, -0.15) is 5.10 Å². The van der Waals surface area contributed by atoms with Crippen LogP contribution in [0.15, 0.2) is 6.07 Å². The van der Waals surface area contributed by atoms with Crippen molar-refractivity contribution in [3.05, 3.63) is 17.5 Å². The number of hydrogen-bond acceptors (Lipinski definition) is 2. The van der Waals surface area contributed by atoms with Crippen LogP contribution in [-0.2, 0) is 7.05 Å². The van der Waals surface area contributed by atoms with Crippen LogP contribution in [0, 0.1) is 6.92 Å². The molecule has 1 N–H and O–H groups in total. The smallest absolute Gasteiger partial charge is 0.0978 e. The van der Waals surface area contributed by atoms with Crippen molar-refractivity contribution in [2.45, 2.75) is 32.8 Å². The zero-order valence-corrected chi connectivity index (χ0v) is 7.91. The Morgan fingerprint density at radius 3 is 2.75 bits per heavy atom. The Bertz CT molecular complexity index is 236. The standard InChI is InChI=1S/C9H16N2O/c1-4-5-9(12)8-6-7(2)11(3)10-8/h6,9,12H,4-5H2,1-3H3.